The van der Waals surface area contributed by atoms with Crippen molar-refractivity contribution in [3.8, 4) is 22.4 Å². The first kappa shape index (κ1) is 17.6. The van der Waals surface area contributed by atoms with Crippen LogP contribution in [0.3, 0.4) is 0 Å². The summed E-state index contributed by atoms with van der Waals surface area (Å²) in [7, 11) is 0. The zero-order valence-corrected chi connectivity index (χ0v) is 14.7. The molecular formula is C22H13ClF3N. The Bertz CT molecular complexity index is 1100. The van der Waals surface area contributed by atoms with E-state index in [1.54, 1.807) is 6.07 Å². The number of alkyl halides is 3. The SMILES string of the molecule is FC(F)(F)c1ccc(-c2cc(-c3ccccc3)c3cc(Cl)ccc3n2)cc1. The first-order valence-corrected chi connectivity index (χ1v) is 8.63. The lowest BCUT2D eigenvalue weighted by molar-refractivity contribution is -0.137. The molecule has 0 saturated heterocycles. The van der Waals surface area contributed by atoms with Crippen LogP contribution in [0.5, 0.6) is 0 Å². The van der Waals surface area contributed by atoms with E-state index >= 15 is 0 Å². The van der Waals surface area contributed by atoms with E-state index in [2.05, 4.69) is 4.98 Å². The van der Waals surface area contributed by atoms with Crippen molar-refractivity contribution in [1.29, 1.82) is 0 Å². The number of rotatable bonds is 2. The van der Waals surface area contributed by atoms with Gasteiger partial charge in [-0.3, -0.25) is 0 Å². The highest BCUT2D eigenvalue weighted by Gasteiger charge is 2.30. The number of fused-ring (bicyclic) bond motifs is 1. The van der Waals surface area contributed by atoms with Crippen molar-refractivity contribution >= 4 is 22.5 Å². The molecule has 0 amide bonds. The lowest BCUT2D eigenvalue weighted by atomic mass is 9.98. The van der Waals surface area contributed by atoms with Gasteiger partial charge >= 0.3 is 6.18 Å². The minimum Gasteiger partial charge on any atom is -0.248 e. The Balaban J connectivity index is 1.91. The van der Waals surface area contributed by atoms with E-state index < -0.39 is 11.7 Å². The fourth-order valence-corrected chi connectivity index (χ4v) is 3.20. The molecule has 27 heavy (non-hydrogen) atoms. The first-order chi connectivity index (χ1) is 12.9. The Morgan fingerprint density at radius 1 is 0.741 bits per heavy atom. The van der Waals surface area contributed by atoms with Gasteiger partial charge in [0.05, 0.1) is 16.8 Å². The van der Waals surface area contributed by atoms with E-state index in [4.69, 9.17) is 11.6 Å². The van der Waals surface area contributed by atoms with Gasteiger partial charge in [0.2, 0.25) is 0 Å². The molecule has 0 bridgehead atoms. The highest BCUT2D eigenvalue weighted by Crippen LogP contribution is 2.35. The second-order valence-electron chi connectivity index (χ2n) is 6.16. The third kappa shape index (κ3) is 3.53. The molecule has 0 atom stereocenters. The van der Waals surface area contributed by atoms with E-state index in [1.165, 1.54) is 12.1 Å². The molecule has 1 nitrogen and oxygen atoms in total. The number of benzene rings is 3. The number of aromatic nitrogens is 1. The van der Waals surface area contributed by atoms with Gasteiger partial charge in [-0.05, 0) is 47.5 Å². The maximum absolute atomic E-state index is 12.8. The lowest BCUT2D eigenvalue weighted by Gasteiger charge is -2.12. The van der Waals surface area contributed by atoms with Crippen LogP contribution in [-0.4, -0.2) is 4.98 Å². The molecule has 0 unspecified atom stereocenters. The Labute approximate surface area is 159 Å². The Kier molecular flexibility index (Phi) is 4.36. The minimum absolute atomic E-state index is 0.601. The Morgan fingerprint density at radius 3 is 2.11 bits per heavy atom. The van der Waals surface area contributed by atoms with Gasteiger partial charge in [-0.25, -0.2) is 4.98 Å². The molecule has 4 aromatic rings. The lowest BCUT2D eigenvalue weighted by Crippen LogP contribution is -2.04. The number of hydrogen-bond acceptors (Lipinski definition) is 1. The molecule has 3 aromatic carbocycles. The van der Waals surface area contributed by atoms with Gasteiger partial charge in [-0.2, -0.15) is 13.2 Å². The summed E-state index contributed by atoms with van der Waals surface area (Å²) in [5.74, 6) is 0. The van der Waals surface area contributed by atoms with Crippen molar-refractivity contribution in [3.05, 3.63) is 89.4 Å². The minimum atomic E-state index is -4.36. The molecule has 4 rings (SSSR count). The summed E-state index contributed by atoms with van der Waals surface area (Å²) < 4.78 is 38.5. The van der Waals surface area contributed by atoms with Gasteiger partial charge in [-0.1, -0.05) is 54.1 Å². The van der Waals surface area contributed by atoms with Crippen molar-refractivity contribution in [2.24, 2.45) is 0 Å². The summed E-state index contributed by atoms with van der Waals surface area (Å²) in [6.45, 7) is 0. The molecule has 0 radical (unpaired) electrons. The van der Waals surface area contributed by atoms with Crippen LogP contribution in [0.4, 0.5) is 13.2 Å². The topological polar surface area (TPSA) is 12.9 Å². The molecule has 0 fully saturated rings. The largest absolute Gasteiger partial charge is 0.416 e. The zero-order valence-electron chi connectivity index (χ0n) is 14.0. The van der Waals surface area contributed by atoms with Crippen LogP contribution in [0.15, 0.2) is 78.9 Å². The molecule has 1 aromatic heterocycles. The van der Waals surface area contributed by atoms with Gasteiger partial charge < -0.3 is 0 Å². The summed E-state index contributed by atoms with van der Waals surface area (Å²) >= 11 is 6.16. The molecular weight excluding hydrogens is 371 g/mol. The summed E-state index contributed by atoms with van der Waals surface area (Å²) in [6, 6.07) is 22.1. The maximum atomic E-state index is 12.8. The van der Waals surface area contributed by atoms with Gasteiger partial charge in [0.15, 0.2) is 0 Å². The molecule has 5 heteroatoms. The third-order valence-electron chi connectivity index (χ3n) is 4.36. The fraction of sp³-hybridized carbons (Fsp3) is 0.0455. The predicted octanol–water partition coefficient (Wildman–Crippen LogP) is 7.24. The second-order valence-corrected chi connectivity index (χ2v) is 6.59. The normalized spacial score (nSPS) is 11.7. The molecule has 0 spiro atoms. The Morgan fingerprint density at radius 2 is 1.44 bits per heavy atom. The van der Waals surface area contributed by atoms with Gasteiger partial charge in [0.1, 0.15) is 0 Å². The number of hydrogen-bond donors (Lipinski definition) is 0. The van der Waals surface area contributed by atoms with Crippen LogP contribution in [-0.2, 0) is 6.18 Å². The third-order valence-corrected chi connectivity index (χ3v) is 4.60. The van der Waals surface area contributed by atoms with Crippen molar-refractivity contribution in [2.45, 2.75) is 6.18 Å². The maximum Gasteiger partial charge on any atom is 0.416 e. The monoisotopic (exact) mass is 383 g/mol. The average Bonchev–Trinajstić information content (AvgIpc) is 2.67. The van der Waals surface area contributed by atoms with E-state index in [-0.39, 0.29) is 0 Å². The standard InChI is InChI=1S/C22H13ClF3N/c23-17-10-11-20-19(12-17)18(14-4-2-1-3-5-14)13-21(27-20)15-6-8-16(9-7-15)22(24,25)26/h1-13H. The highest BCUT2D eigenvalue weighted by molar-refractivity contribution is 6.31. The summed E-state index contributed by atoms with van der Waals surface area (Å²) in [4.78, 5) is 4.62. The molecule has 134 valence electrons. The number of halogens is 4. The van der Waals surface area contributed by atoms with Crippen LogP contribution < -0.4 is 0 Å². The van der Waals surface area contributed by atoms with Crippen LogP contribution >= 0.6 is 11.6 Å². The molecule has 0 saturated carbocycles. The smallest absolute Gasteiger partial charge is 0.248 e. The van der Waals surface area contributed by atoms with Gasteiger partial charge in [-0.15, -0.1) is 0 Å². The first-order valence-electron chi connectivity index (χ1n) is 8.25. The van der Waals surface area contributed by atoms with Crippen LogP contribution in [0, 0.1) is 0 Å². The second kappa shape index (κ2) is 6.71. The average molecular weight is 384 g/mol. The van der Waals surface area contributed by atoms with Crippen LogP contribution in [0.2, 0.25) is 5.02 Å². The molecule has 1 heterocycles. The van der Waals surface area contributed by atoms with E-state index in [1.807, 2.05) is 48.5 Å². The van der Waals surface area contributed by atoms with Gasteiger partial charge in [0.25, 0.3) is 0 Å². The van der Waals surface area contributed by atoms with Crippen LogP contribution in [0.25, 0.3) is 33.3 Å². The van der Waals surface area contributed by atoms with Crippen LogP contribution in [0.1, 0.15) is 5.56 Å². The predicted molar refractivity (Wildman–Crippen MR) is 103 cm³/mol. The number of pyridine rings is 1. The fourth-order valence-electron chi connectivity index (χ4n) is 3.03. The molecule has 0 aliphatic carbocycles. The quantitative estimate of drug-likeness (QED) is 0.355. The molecule has 0 aliphatic rings. The number of nitrogens with zero attached hydrogens (tertiary/aromatic N) is 1. The summed E-state index contributed by atoms with van der Waals surface area (Å²) in [5.41, 5.74) is 3.20. The highest BCUT2D eigenvalue weighted by atomic mass is 35.5. The van der Waals surface area contributed by atoms with Crippen molar-refractivity contribution in [3.63, 3.8) is 0 Å². The molecule has 0 N–H and O–H groups in total. The van der Waals surface area contributed by atoms with Crippen molar-refractivity contribution in [1.82, 2.24) is 4.98 Å². The molecule has 0 aliphatic heterocycles. The van der Waals surface area contributed by atoms with E-state index in [0.717, 1.165) is 34.2 Å². The zero-order chi connectivity index (χ0) is 19.0. The van der Waals surface area contributed by atoms with Gasteiger partial charge in [0, 0.05) is 16.0 Å². The van der Waals surface area contributed by atoms with Crippen molar-refractivity contribution in [2.75, 3.05) is 0 Å². The van der Waals surface area contributed by atoms with Crippen molar-refractivity contribution < 1.29 is 13.2 Å². The van der Waals surface area contributed by atoms with E-state index in [9.17, 15) is 13.2 Å². The van der Waals surface area contributed by atoms with E-state index in [0.29, 0.717) is 16.3 Å². The Hall–Kier alpha value is -2.85. The summed E-state index contributed by atoms with van der Waals surface area (Å²) in [5, 5.41) is 1.49. The summed E-state index contributed by atoms with van der Waals surface area (Å²) in [6.07, 6.45) is -4.36.